The van der Waals surface area contributed by atoms with E-state index in [0.29, 0.717) is 12.5 Å². The molecule has 0 bridgehead atoms. The molecule has 24 heavy (non-hydrogen) atoms. The minimum Gasteiger partial charge on any atom is -0.472 e. The van der Waals surface area contributed by atoms with E-state index in [1.54, 1.807) is 24.9 Å². The van der Waals surface area contributed by atoms with Gasteiger partial charge in [0, 0.05) is 42.8 Å². The number of nitrogens with zero attached hydrogens (tertiary/aromatic N) is 4. The van der Waals surface area contributed by atoms with Crippen molar-refractivity contribution in [2.45, 2.75) is 18.9 Å². The van der Waals surface area contributed by atoms with E-state index in [0.717, 1.165) is 41.8 Å². The lowest BCUT2D eigenvalue weighted by Gasteiger charge is -2.30. The molecular formula is C18H18N4O2. The monoisotopic (exact) mass is 322 g/mol. The Hall–Kier alpha value is -2.73. The number of hydrogen-bond acceptors (Lipinski definition) is 6. The van der Waals surface area contributed by atoms with Gasteiger partial charge in [0.15, 0.2) is 0 Å². The van der Waals surface area contributed by atoms with Crippen molar-refractivity contribution < 1.29 is 9.52 Å². The number of rotatable bonds is 3. The summed E-state index contributed by atoms with van der Waals surface area (Å²) in [6.07, 6.45) is 10.1. The maximum absolute atomic E-state index is 9.91. The number of aromatic nitrogens is 3. The molecule has 6 heteroatoms. The summed E-state index contributed by atoms with van der Waals surface area (Å²) in [4.78, 5) is 15.4. The number of β-amino-alcohol motifs (C(OH)–C–C–N with tert-alkyl or cyclic N) is 1. The van der Waals surface area contributed by atoms with Gasteiger partial charge in [0.05, 0.1) is 24.3 Å². The normalized spacial score (nSPS) is 17.9. The molecule has 3 aromatic heterocycles. The fourth-order valence-electron chi connectivity index (χ4n) is 3.02. The van der Waals surface area contributed by atoms with Crippen LogP contribution in [0.3, 0.4) is 0 Å². The second kappa shape index (κ2) is 6.41. The van der Waals surface area contributed by atoms with Crippen molar-refractivity contribution in [3.8, 4) is 22.4 Å². The molecule has 1 atom stereocenters. The third-order valence-corrected chi connectivity index (χ3v) is 4.24. The van der Waals surface area contributed by atoms with Gasteiger partial charge < -0.3 is 14.4 Å². The maximum Gasteiger partial charge on any atom is 0.225 e. The van der Waals surface area contributed by atoms with Crippen molar-refractivity contribution in [3.05, 3.63) is 49.3 Å². The van der Waals surface area contributed by atoms with Gasteiger partial charge in [-0.15, -0.1) is 0 Å². The van der Waals surface area contributed by atoms with Gasteiger partial charge in [-0.25, -0.2) is 9.97 Å². The Morgan fingerprint density at radius 2 is 2.04 bits per heavy atom. The molecule has 0 unspecified atom stereocenters. The summed E-state index contributed by atoms with van der Waals surface area (Å²) in [6.45, 7) is 1.43. The van der Waals surface area contributed by atoms with Crippen LogP contribution in [0.5, 0.6) is 0 Å². The molecule has 1 saturated heterocycles. The minimum absolute atomic E-state index is 0.320. The largest absolute Gasteiger partial charge is 0.472 e. The highest BCUT2D eigenvalue weighted by atomic mass is 16.3. The molecule has 0 aliphatic carbocycles. The molecule has 4 heterocycles. The van der Waals surface area contributed by atoms with E-state index in [1.807, 2.05) is 29.3 Å². The third-order valence-electron chi connectivity index (χ3n) is 4.24. The van der Waals surface area contributed by atoms with Gasteiger partial charge in [0.2, 0.25) is 5.95 Å². The summed E-state index contributed by atoms with van der Waals surface area (Å²) in [5.41, 5.74) is 3.66. The molecular weight excluding hydrogens is 304 g/mol. The SMILES string of the molecule is O[C@H]1CCCN(c2ncc(-c3ccncc3)c(-c3ccoc3)n2)C1. The lowest BCUT2D eigenvalue weighted by atomic mass is 10.0. The van der Waals surface area contributed by atoms with Gasteiger partial charge in [-0.1, -0.05) is 0 Å². The van der Waals surface area contributed by atoms with Crippen LogP contribution in [-0.4, -0.2) is 39.3 Å². The van der Waals surface area contributed by atoms with E-state index in [-0.39, 0.29) is 6.10 Å². The molecule has 0 amide bonds. The first kappa shape index (κ1) is 14.8. The van der Waals surface area contributed by atoms with Crippen LogP contribution in [-0.2, 0) is 0 Å². The van der Waals surface area contributed by atoms with Crippen LogP contribution in [0, 0.1) is 0 Å². The van der Waals surface area contributed by atoms with E-state index < -0.39 is 0 Å². The van der Waals surface area contributed by atoms with Crippen molar-refractivity contribution in [1.29, 1.82) is 0 Å². The smallest absolute Gasteiger partial charge is 0.225 e. The molecule has 0 radical (unpaired) electrons. The number of pyridine rings is 1. The summed E-state index contributed by atoms with van der Waals surface area (Å²) in [6, 6.07) is 5.76. The van der Waals surface area contributed by atoms with Crippen LogP contribution in [0.1, 0.15) is 12.8 Å². The minimum atomic E-state index is -0.320. The van der Waals surface area contributed by atoms with Crippen LogP contribution in [0.15, 0.2) is 53.7 Å². The Kier molecular flexibility index (Phi) is 3.96. The van der Waals surface area contributed by atoms with Gasteiger partial charge in [0.25, 0.3) is 0 Å². The molecule has 6 nitrogen and oxygen atoms in total. The summed E-state index contributed by atoms with van der Waals surface area (Å²) in [5.74, 6) is 0.641. The lowest BCUT2D eigenvalue weighted by Crippen LogP contribution is -2.39. The topological polar surface area (TPSA) is 75.3 Å². The van der Waals surface area contributed by atoms with Crippen molar-refractivity contribution in [2.75, 3.05) is 18.0 Å². The zero-order valence-corrected chi connectivity index (χ0v) is 13.2. The van der Waals surface area contributed by atoms with Crippen molar-refractivity contribution >= 4 is 5.95 Å². The molecule has 1 fully saturated rings. The Labute approximate surface area is 139 Å². The first-order valence-electron chi connectivity index (χ1n) is 8.04. The molecule has 0 saturated carbocycles. The zero-order valence-electron chi connectivity index (χ0n) is 13.2. The number of aliphatic hydroxyl groups excluding tert-OH is 1. The fourth-order valence-corrected chi connectivity index (χ4v) is 3.02. The highest BCUT2D eigenvalue weighted by Crippen LogP contribution is 2.31. The molecule has 3 aromatic rings. The number of anilines is 1. The van der Waals surface area contributed by atoms with Gasteiger partial charge >= 0.3 is 0 Å². The quantitative estimate of drug-likeness (QED) is 0.799. The highest BCUT2D eigenvalue weighted by Gasteiger charge is 2.21. The van der Waals surface area contributed by atoms with Gasteiger partial charge in [-0.05, 0) is 36.6 Å². The Morgan fingerprint density at radius 1 is 1.17 bits per heavy atom. The predicted octanol–water partition coefficient (Wildman–Crippen LogP) is 2.76. The molecule has 0 spiro atoms. The molecule has 4 rings (SSSR count). The van der Waals surface area contributed by atoms with Gasteiger partial charge in [-0.3, -0.25) is 4.98 Å². The Morgan fingerprint density at radius 3 is 2.79 bits per heavy atom. The standard InChI is InChI=1S/C18H18N4O2/c23-15-2-1-8-22(11-15)18-20-10-16(13-3-6-19-7-4-13)17(21-18)14-5-9-24-12-14/h3-7,9-10,12,15,23H,1-2,8,11H2/t15-/m0/s1. The summed E-state index contributed by atoms with van der Waals surface area (Å²) < 4.78 is 5.24. The lowest BCUT2D eigenvalue weighted by molar-refractivity contribution is 0.153. The van der Waals surface area contributed by atoms with E-state index in [9.17, 15) is 5.11 Å². The molecule has 1 N–H and O–H groups in total. The van der Waals surface area contributed by atoms with Gasteiger partial charge in [-0.2, -0.15) is 0 Å². The summed E-state index contributed by atoms with van der Waals surface area (Å²) in [5, 5.41) is 9.91. The number of piperidine rings is 1. The summed E-state index contributed by atoms with van der Waals surface area (Å²) >= 11 is 0. The van der Waals surface area contributed by atoms with E-state index >= 15 is 0 Å². The van der Waals surface area contributed by atoms with Crippen LogP contribution < -0.4 is 4.90 Å². The van der Waals surface area contributed by atoms with Crippen LogP contribution in [0.4, 0.5) is 5.95 Å². The molecule has 1 aliphatic rings. The van der Waals surface area contributed by atoms with E-state index in [1.165, 1.54) is 0 Å². The fraction of sp³-hybridized carbons (Fsp3) is 0.278. The van der Waals surface area contributed by atoms with Crippen molar-refractivity contribution in [2.24, 2.45) is 0 Å². The molecule has 1 aliphatic heterocycles. The Bertz CT molecular complexity index is 805. The molecule has 0 aromatic carbocycles. The first-order valence-corrected chi connectivity index (χ1v) is 8.04. The van der Waals surface area contributed by atoms with Crippen LogP contribution in [0.25, 0.3) is 22.4 Å². The average molecular weight is 322 g/mol. The van der Waals surface area contributed by atoms with Crippen LogP contribution >= 0.6 is 0 Å². The van der Waals surface area contributed by atoms with Crippen molar-refractivity contribution in [1.82, 2.24) is 15.0 Å². The second-order valence-corrected chi connectivity index (χ2v) is 5.92. The van der Waals surface area contributed by atoms with Gasteiger partial charge in [0.1, 0.15) is 0 Å². The highest BCUT2D eigenvalue weighted by molar-refractivity contribution is 5.80. The van der Waals surface area contributed by atoms with Crippen LogP contribution in [0.2, 0.25) is 0 Å². The van der Waals surface area contributed by atoms with E-state index in [4.69, 9.17) is 9.40 Å². The average Bonchev–Trinajstić information content (AvgIpc) is 3.16. The second-order valence-electron chi connectivity index (χ2n) is 5.92. The summed E-state index contributed by atoms with van der Waals surface area (Å²) in [7, 11) is 0. The predicted molar refractivity (Wildman–Crippen MR) is 90.4 cm³/mol. The van der Waals surface area contributed by atoms with Crippen molar-refractivity contribution in [3.63, 3.8) is 0 Å². The number of aliphatic hydroxyl groups is 1. The first-order chi connectivity index (χ1) is 11.8. The van der Waals surface area contributed by atoms with E-state index in [2.05, 4.69) is 9.97 Å². The third kappa shape index (κ3) is 2.88. The maximum atomic E-state index is 9.91. The number of furan rings is 1. The zero-order chi connectivity index (χ0) is 16.4. The molecule has 122 valence electrons. The Balaban J connectivity index is 1.78. The number of hydrogen-bond donors (Lipinski definition) is 1.